The molecule has 0 saturated carbocycles. The Bertz CT molecular complexity index is 1970. The van der Waals surface area contributed by atoms with Gasteiger partial charge in [0.15, 0.2) is 0 Å². The van der Waals surface area contributed by atoms with Crippen molar-refractivity contribution in [1.29, 1.82) is 0 Å². The SMILES string of the molecule is CCN1C(=CC2=C(SCC(=O)Nc3ccc([As]4SCCS4)cc3)C(=Cc3oc4ccccc4[n+]3CC)C2=O)C(C)(C)c2ccccc21. The number of aromatic nitrogens is 1. The van der Waals surface area contributed by atoms with Crippen molar-refractivity contribution in [2.45, 2.75) is 39.7 Å². The Labute approximate surface area is 291 Å². The molecule has 1 saturated heterocycles. The summed E-state index contributed by atoms with van der Waals surface area (Å²) in [5.41, 5.74) is 7.00. The van der Waals surface area contributed by atoms with Gasteiger partial charge >= 0.3 is 162 Å². The molecule has 2 aliphatic heterocycles. The first-order chi connectivity index (χ1) is 22.8. The van der Waals surface area contributed by atoms with Crippen molar-refractivity contribution in [2.75, 3.05) is 34.0 Å². The van der Waals surface area contributed by atoms with Gasteiger partial charge in [-0.25, -0.2) is 0 Å². The third-order valence-electron chi connectivity index (χ3n) is 8.81. The van der Waals surface area contributed by atoms with Crippen LogP contribution in [-0.4, -0.2) is 47.8 Å². The molecule has 3 aromatic carbocycles. The number of thioether (sulfide) groups is 1. The second kappa shape index (κ2) is 13.4. The van der Waals surface area contributed by atoms with Crippen LogP contribution < -0.4 is 19.1 Å². The molecular weight excluding hydrogens is 706 g/mol. The number of benzene rings is 3. The van der Waals surface area contributed by atoms with Gasteiger partial charge in [0.25, 0.3) is 5.52 Å². The normalized spacial score (nSPS) is 19.2. The quantitative estimate of drug-likeness (QED) is 0.111. The summed E-state index contributed by atoms with van der Waals surface area (Å²) in [4.78, 5) is 30.4. The minimum Gasteiger partial charge on any atom is -0.0618 e. The van der Waals surface area contributed by atoms with Gasteiger partial charge in [-0.3, -0.25) is 0 Å². The van der Waals surface area contributed by atoms with Crippen molar-refractivity contribution in [3.05, 3.63) is 112 Å². The molecule has 0 spiro atoms. The fourth-order valence-electron chi connectivity index (χ4n) is 6.47. The van der Waals surface area contributed by atoms with Gasteiger partial charge in [-0.05, 0) is 31.5 Å². The van der Waals surface area contributed by atoms with Crippen LogP contribution >= 0.6 is 31.8 Å². The fraction of sp³-hybridized carbons (Fsp3) is 0.270. The molecule has 4 aromatic rings. The first-order valence-electron chi connectivity index (χ1n) is 15.9. The molecular formula is C37H37AsN3O3S3+. The molecule has 0 atom stereocenters. The number of para-hydroxylation sites is 3. The Morgan fingerprint density at radius 2 is 1.74 bits per heavy atom. The Morgan fingerprint density at radius 3 is 2.49 bits per heavy atom. The number of fused-ring (bicyclic) bond motifs is 2. The number of anilines is 2. The summed E-state index contributed by atoms with van der Waals surface area (Å²) < 4.78 is 9.72. The second-order valence-corrected chi connectivity index (χ2v) is 24.7. The Balaban J connectivity index is 1.21. The average molecular weight is 743 g/mol. The molecule has 0 bridgehead atoms. The molecule has 47 heavy (non-hydrogen) atoms. The standard InChI is InChI=1S/C37H36AsN3O3S3/c1-5-40-29-12-8-7-11-28(29)37(3,4)32(40)21-26-35(43)27(22-34-41(6-2)30-13-9-10-14-31(30)44-34)36(26)45-23-33(42)39-25-17-15-24(16-18-25)38-46-19-20-47-38/h7-18,21-22H,5-6,19-20,23H2,1-4H3/p+1. The molecule has 240 valence electrons. The van der Waals surface area contributed by atoms with Gasteiger partial charge in [0.1, 0.15) is 6.54 Å². The zero-order valence-corrected chi connectivity index (χ0v) is 31.2. The van der Waals surface area contributed by atoms with Crippen molar-refractivity contribution in [1.82, 2.24) is 0 Å². The third kappa shape index (κ3) is 6.05. The zero-order chi connectivity index (χ0) is 32.7. The number of amides is 1. The number of aryl methyl sites for hydroxylation is 1. The monoisotopic (exact) mass is 742 g/mol. The minimum absolute atomic E-state index is 0.0334. The van der Waals surface area contributed by atoms with E-state index in [0.29, 0.717) is 23.6 Å². The van der Waals surface area contributed by atoms with Crippen LogP contribution in [0.4, 0.5) is 11.4 Å². The van der Waals surface area contributed by atoms with E-state index in [2.05, 4.69) is 105 Å². The molecule has 7 rings (SSSR count). The number of likely N-dealkylation sites (N-methyl/N-ethyl adjacent to an activating group) is 1. The predicted octanol–water partition coefficient (Wildman–Crippen LogP) is 7.21. The first-order valence-corrected chi connectivity index (χ1v) is 24.3. The van der Waals surface area contributed by atoms with E-state index in [1.54, 1.807) is 0 Å². The Kier molecular flexibility index (Phi) is 9.27. The van der Waals surface area contributed by atoms with Crippen LogP contribution in [0.5, 0.6) is 0 Å². The molecule has 1 fully saturated rings. The number of hydrogen-bond acceptors (Lipinski definition) is 7. The van der Waals surface area contributed by atoms with Crippen LogP contribution in [0.3, 0.4) is 0 Å². The van der Waals surface area contributed by atoms with Crippen LogP contribution in [0.2, 0.25) is 0 Å². The summed E-state index contributed by atoms with van der Waals surface area (Å²) in [6.45, 7) is 10.1. The molecule has 0 unspecified atom stereocenters. The van der Waals surface area contributed by atoms with E-state index in [1.807, 2.05) is 42.5 Å². The fourth-order valence-corrected chi connectivity index (χ4v) is 21.6. The third-order valence-corrected chi connectivity index (χ3v) is 23.7. The van der Waals surface area contributed by atoms with Crippen molar-refractivity contribution in [2.24, 2.45) is 0 Å². The van der Waals surface area contributed by atoms with E-state index < -0.39 is 12.3 Å². The number of carbonyl (C=O) groups excluding carboxylic acids is 2. The van der Waals surface area contributed by atoms with Gasteiger partial charge < -0.3 is 9.32 Å². The minimum atomic E-state index is -1.05. The number of allylic oxidation sites excluding steroid dienone is 4. The topological polar surface area (TPSA) is 66.4 Å². The van der Waals surface area contributed by atoms with Gasteiger partial charge in [0.2, 0.25) is 5.58 Å². The van der Waals surface area contributed by atoms with Crippen LogP contribution in [0, 0.1) is 0 Å². The van der Waals surface area contributed by atoms with E-state index in [0.717, 1.165) is 33.9 Å². The number of carbonyl (C=O) groups is 2. The summed E-state index contributed by atoms with van der Waals surface area (Å²) in [5.74, 6) is 3.16. The number of nitrogens with one attached hydrogen (secondary N) is 1. The maximum absolute atomic E-state index is 14.0. The van der Waals surface area contributed by atoms with E-state index in [4.69, 9.17) is 4.42 Å². The molecule has 1 aliphatic carbocycles. The first kappa shape index (κ1) is 32.4. The zero-order valence-electron chi connectivity index (χ0n) is 26.9. The van der Waals surface area contributed by atoms with Gasteiger partial charge in [-0.15, -0.1) is 0 Å². The van der Waals surface area contributed by atoms with Gasteiger partial charge in [-0.2, -0.15) is 4.57 Å². The predicted molar refractivity (Wildman–Crippen MR) is 200 cm³/mol. The molecule has 1 aromatic heterocycles. The number of rotatable bonds is 9. The van der Waals surface area contributed by atoms with Gasteiger partial charge in [0.05, 0.1) is 0 Å². The van der Waals surface area contributed by atoms with Crippen molar-refractivity contribution >= 4 is 88.7 Å². The molecule has 3 heterocycles. The maximum atomic E-state index is 14.0. The smallest absolute Gasteiger partial charge is 0.0618 e. The molecule has 6 nitrogen and oxygen atoms in total. The van der Waals surface area contributed by atoms with Gasteiger partial charge in [0, 0.05) is 23.7 Å². The van der Waals surface area contributed by atoms with Crippen LogP contribution in [-0.2, 0) is 21.5 Å². The Hall–Kier alpha value is -3.10. The number of ketones is 1. The van der Waals surface area contributed by atoms with Crippen LogP contribution in [0.15, 0.2) is 105 Å². The average Bonchev–Trinajstić information content (AvgIpc) is 3.79. The molecule has 10 heteroatoms. The summed E-state index contributed by atoms with van der Waals surface area (Å²) in [6.07, 6.45) is 3.90. The number of oxazole rings is 1. The number of hydrogen-bond donors (Lipinski definition) is 1. The molecule has 1 N–H and O–H groups in total. The van der Waals surface area contributed by atoms with Crippen molar-refractivity contribution in [3.63, 3.8) is 0 Å². The molecule has 0 radical (unpaired) electrons. The van der Waals surface area contributed by atoms with E-state index in [-0.39, 0.29) is 22.9 Å². The summed E-state index contributed by atoms with van der Waals surface area (Å²) in [6, 6.07) is 24.7. The Morgan fingerprint density at radius 1 is 1.02 bits per heavy atom. The van der Waals surface area contributed by atoms with Crippen LogP contribution in [0.1, 0.15) is 39.1 Å². The molecule has 3 aliphatic rings. The second-order valence-electron chi connectivity index (χ2n) is 12.0. The summed E-state index contributed by atoms with van der Waals surface area (Å²) in [5, 5.41) is 3.07. The number of Topliss-reactive ketones (excluding diaryl/α,β-unsaturated/α-hetero) is 1. The van der Waals surface area contributed by atoms with E-state index >= 15 is 0 Å². The van der Waals surface area contributed by atoms with E-state index in [9.17, 15) is 9.59 Å². The van der Waals surface area contributed by atoms with E-state index in [1.165, 1.54) is 38.9 Å². The summed E-state index contributed by atoms with van der Waals surface area (Å²) in [7, 11) is 4.23. The molecule has 1 amide bonds. The van der Waals surface area contributed by atoms with Crippen LogP contribution in [0.25, 0.3) is 17.2 Å². The van der Waals surface area contributed by atoms with Crippen molar-refractivity contribution in [3.8, 4) is 0 Å². The van der Waals surface area contributed by atoms with Crippen molar-refractivity contribution < 1.29 is 18.6 Å². The number of nitrogens with zero attached hydrogens (tertiary/aromatic N) is 2. The summed E-state index contributed by atoms with van der Waals surface area (Å²) >= 11 is 0.361. The van der Waals surface area contributed by atoms with Gasteiger partial charge in [-0.1, -0.05) is 44.2 Å².